The number of ether oxygens (including phenoxy) is 1. The van der Waals surface area contributed by atoms with Gasteiger partial charge in [-0.05, 0) is 60.5 Å². The first-order valence-corrected chi connectivity index (χ1v) is 9.85. The van der Waals surface area contributed by atoms with Crippen LogP contribution < -0.4 is 34.3 Å². The Bertz CT molecular complexity index is 579. The van der Waals surface area contributed by atoms with Crippen LogP contribution in [0.2, 0.25) is 0 Å². The molecular formula is C17H26NaO5P. The Morgan fingerprint density at radius 3 is 1.96 bits per heavy atom. The van der Waals surface area contributed by atoms with Gasteiger partial charge in [0.25, 0.3) is 0 Å². The Labute approximate surface area is 167 Å². The molecule has 24 heavy (non-hydrogen) atoms. The summed E-state index contributed by atoms with van der Waals surface area (Å²) in [5.74, 6) is 2.93. The summed E-state index contributed by atoms with van der Waals surface area (Å²) < 4.78 is 21.1. The zero-order chi connectivity index (χ0) is 16.6. The van der Waals surface area contributed by atoms with Gasteiger partial charge in [-0.15, -0.1) is 0 Å². The van der Waals surface area contributed by atoms with Crippen LogP contribution in [0.25, 0.3) is 0 Å². The third kappa shape index (κ3) is 5.31. The zero-order valence-corrected chi connectivity index (χ0v) is 17.5. The quantitative estimate of drug-likeness (QED) is 0.413. The number of benzene rings is 1. The molecular weight excluding hydrogens is 338 g/mol. The van der Waals surface area contributed by atoms with E-state index in [0.717, 1.165) is 16.9 Å². The first-order chi connectivity index (χ1) is 10.9. The maximum absolute atomic E-state index is 10.9. The molecule has 0 bridgehead atoms. The van der Waals surface area contributed by atoms with Crippen LogP contribution in [0.4, 0.5) is 0 Å². The third-order valence-electron chi connectivity index (χ3n) is 5.14. The zero-order valence-electron chi connectivity index (χ0n) is 15.6. The number of hydrogen-bond donors (Lipinski definition) is 2. The molecule has 1 aromatic rings. The van der Waals surface area contributed by atoms with Crippen molar-refractivity contribution in [2.45, 2.75) is 51.4 Å². The summed E-state index contributed by atoms with van der Waals surface area (Å²) in [5.41, 5.74) is 2.26. The molecule has 2 aliphatic rings. The van der Waals surface area contributed by atoms with Crippen LogP contribution in [0.1, 0.15) is 63.9 Å². The summed E-state index contributed by atoms with van der Waals surface area (Å²) in [6, 6.07) is 6.21. The van der Waals surface area contributed by atoms with Crippen molar-refractivity contribution in [3.63, 3.8) is 0 Å². The van der Waals surface area contributed by atoms with Gasteiger partial charge in [-0.3, -0.25) is 0 Å². The van der Waals surface area contributed by atoms with Gasteiger partial charge in [0.2, 0.25) is 0 Å². The SMILES string of the molecule is C[C@@H](c1cccc([C@H](C)C2CC2)c1OCOP(=O)(O)O)C1CC1.[H-].[Na+]. The predicted octanol–water partition coefficient (Wildman–Crippen LogP) is 1.28. The molecule has 5 nitrogen and oxygen atoms in total. The fourth-order valence-corrected chi connectivity index (χ4v) is 3.50. The first kappa shape index (κ1) is 20.4. The third-order valence-corrected chi connectivity index (χ3v) is 5.58. The van der Waals surface area contributed by atoms with Crippen LogP contribution in [0.3, 0.4) is 0 Å². The van der Waals surface area contributed by atoms with Gasteiger partial charge in [0, 0.05) is 0 Å². The Hall–Kier alpha value is 0.130. The van der Waals surface area contributed by atoms with Gasteiger partial charge in [0.05, 0.1) is 0 Å². The molecule has 2 N–H and O–H groups in total. The normalized spacial score (nSPS) is 20.2. The summed E-state index contributed by atoms with van der Waals surface area (Å²) in [5, 5.41) is 0. The second-order valence-electron chi connectivity index (χ2n) is 6.90. The molecule has 7 heteroatoms. The fraction of sp³-hybridized carbons (Fsp3) is 0.647. The van der Waals surface area contributed by atoms with Crippen molar-refractivity contribution >= 4 is 7.82 Å². The van der Waals surface area contributed by atoms with Crippen LogP contribution in [-0.4, -0.2) is 16.6 Å². The molecule has 1 aromatic carbocycles. The van der Waals surface area contributed by atoms with Crippen LogP contribution >= 0.6 is 7.82 Å². The van der Waals surface area contributed by atoms with Crippen molar-refractivity contribution in [2.24, 2.45) is 11.8 Å². The molecule has 0 spiro atoms. The van der Waals surface area contributed by atoms with Gasteiger partial charge < -0.3 is 16.0 Å². The van der Waals surface area contributed by atoms with E-state index in [1.807, 2.05) is 0 Å². The molecule has 0 radical (unpaired) electrons. The van der Waals surface area contributed by atoms with E-state index < -0.39 is 14.6 Å². The van der Waals surface area contributed by atoms with Crippen molar-refractivity contribution in [2.75, 3.05) is 6.79 Å². The van der Waals surface area contributed by atoms with Crippen molar-refractivity contribution in [3.8, 4) is 5.75 Å². The summed E-state index contributed by atoms with van der Waals surface area (Å²) in [7, 11) is -4.52. The topological polar surface area (TPSA) is 76.0 Å². The molecule has 2 fully saturated rings. The van der Waals surface area contributed by atoms with E-state index in [4.69, 9.17) is 14.5 Å². The van der Waals surface area contributed by atoms with Gasteiger partial charge in [-0.1, -0.05) is 32.0 Å². The molecule has 0 amide bonds. The van der Waals surface area contributed by atoms with Crippen molar-refractivity contribution < 1.29 is 54.6 Å². The van der Waals surface area contributed by atoms with E-state index in [9.17, 15) is 4.57 Å². The number of hydrogen-bond acceptors (Lipinski definition) is 3. The van der Waals surface area contributed by atoms with Gasteiger partial charge in [-0.25, -0.2) is 9.09 Å². The minimum Gasteiger partial charge on any atom is -1.00 e. The predicted molar refractivity (Wildman–Crippen MR) is 88.5 cm³/mol. The minimum atomic E-state index is -4.52. The minimum absolute atomic E-state index is 0. The molecule has 130 valence electrons. The second kappa shape index (κ2) is 8.22. The smallest absolute Gasteiger partial charge is 1.00 e. The Morgan fingerprint density at radius 2 is 1.58 bits per heavy atom. The Morgan fingerprint density at radius 1 is 1.12 bits per heavy atom. The molecule has 3 rings (SSSR count). The van der Waals surface area contributed by atoms with Crippen LogP contribution in [-0.2, 0) is 9.09 Å². The number of phosphoric ester groups is 1. The van der Waals surface area contributed by atoms with Gasteiger partial charge in [0.15, 0.2) is 6.79 Å². The molecule has 0 aromatic heterocycles. The van der Waals surface area contributed by atoms with Crippen LogP contribution in [0, 0.1) is 11.8 Å². The maximum atomic E-state index is 10.9. The molecule has 0 aliphatic heterocycles. The monoisotopic (exact) mass is 364 g/mol. The van der Waals surface area contributed by atoms with E-state index in [-0.39, 0.29) is 31.0 Å². The fourth-order valence-electron chi connectivity index (χ4n) is 3.31. The van der Waals surface area contributed by atoms with E-state index in [0.29, 0.717) is 23.7 Å². The van der Waals surface area contributed by atoms with Gasteiger partial charge >= 0.3 is 37.4 Å². The molecule has 0 heterocycles. The largest absolute Gasteiger partial charge is 1.00 e. The summed E-state index contributed by atoms with van der Waals surface area (Å²) >= 11 is 0. The van der Waals surface area contributed by atoms with E-state index in [1.165, 1.54) is 25.7 Å². The Balaban J connectivity index is 0.00000156. The first-order valence-electron chi connectivity index (χ1n) is 8.32. The van der Waals surface area contributed by atoms with E-state index in [2.05, 4.69) is 36.6 Å². The van der Waals surface area contributed by atoms with Gasteiger partial charge in [-0.2, -0.15) is 0 Å². The van der Waals surface area contributed by atoms with Crippen molar-refractivity contribution in [1.82, 2.24) is 0 Å². The average molecular weight is 364 g/mol. The maximum Gasteiger partial charge on any atom is 1.00 e. The van der Waals surface area contributed by atoms with Crippen LogP contribution in [0.5, 0.6) is 5.75 Å². The van der Waals surface area contributed by atoms with Crippen LogP contribution in [0.15, 0.2) is 18.2 Å². The second-order valence-corrected chi connectivity index (χ2v) is 8.14. The summed E-state index contributed by atoms with van der Waals surface area (Å²) in [4.78, 5) is 17.7. The average Bonchev–Trinajstić information content (AvgIpc) is 3.38. The number of para-hydroxylation sites is 1. The van der Waals surface area contributed by atoms with Crippen molar-refractivity contribution in [3.05, 3.63) is 29.3 Å². The molecule has 2 aliphatic carbocycles. The summed E-state index contributed by atoms with van der Waals surface area (Å²) in [6.45, 7) is 3.98. The van der Waals surface area contributed by atoms with E-state index in [1.54, 1.807) is 0 Å². The molecule has 2 atom stereocenters. The molecule has 0 saturated heterocycles. The Kier molecular flexibility index (Phi) is 7.00. The number of phosphoric acid groups is 1. The summed E-state index contributed by atoms with van der Waals surface area (Å²) in [6.07, 6.45) is 4.95. The standard InChI is InChI=1S/C17H25O5P.Na.H/c1-11(13-6-7-13)15-4-3-5-16(12(2)14-8-9-14)17(15)21-10-22-23(18,19)20;;/h3-5,11-14H,6-10H2,1-2H3,(H2,18,19,20);;/q;+1;-1/t11-,12-;;/m1../s1. The van der Waals surface area contributed by atoms with Gasteiger partial charge in [0.1, 0.15) is 5.75 Å². The number of rotatable bonds is 8. The van der Waals surface area contributed by atoms with Crippen molar-refractivity contribution in [1.29, 1.82) is 0 Å². The molecule has 2 saturated carbocycles. The molecule has 0 unspecified atom stereocenters. The van der Waals surface area contributed by atoms with E-state index >= 15 is 0 Å².